The molecule has 8 nitrogen and oxygen atoms in total. The first-order valence-electron chi connectivity index (χ1n) is 18.7. The van der Waals surface area contributed by atoms with Gasteiger partial charge in [-0.2, -0.15) is 0 Å². The number of ether oxygens (including phenoxy) is 1. The standard InChI is InChI=1S/C41H40N4O4/c46-20-23-18-42-11-10-40-27-5-1-4-8-30(27)45-36(40)22(13-25(23)37(40)42)14-26(39(45)48)31-17-41-28-6-2-3-7-29(28)44-34(47)16-32-35(38(41)44)24-15-33(41)43(31)19-21(24)9-12-49-32/h1-9,14,20,22,24-25,31-33,35-38,46H,10-13,15-19H2. The molecule has 2 spiro atoms. The van der Waals surface area contributed by atoms with Crippen LogP contribution in [0.25, 0.3) is 0 Å². The zero-order valence-electron chi connectivity index (χ0n) is 27.4. The Labute approximate surface area is 285 Å². The number of piperidine rings is 2. The number of nitrogens with zero attached hydrogens (tertiary/aromatic N) is 4. The SMILES string of the molecule is O=C1C(C2CC34c5ccccc5N5C(=O)CC6OCC=C7CN2C3CC7C6C54)=CC2CC3C(=CO)CN4CCC5(c6ccccc6N1C25)C34. The Morgan fingerprint density at radius 2 is 1.67 bits per heavy atom. The Bertz CT molecular complexity index is 2040. The molecule has 5 saturated heterocycles. The number of benzene rings is 2. The molecule has 12 unspecified atom stereocenters. The molecule has 49 heavy (non-hydrogen) atoms. The molecule has 2 aliphatic carbocycles. The fourth-order valence-corrected chi connectivity index (χ4v) is 14.9. The van der Waals surface area contributed by atoms with Crippen molar-refractivity contribution in [3.63, 3.8) is 0 Å². The lowest BCUT2D eigenvalue weighted by atomic mass is 9.53. The van der Waals surface area contributed by atoms with E-state index in [1.807, 2.05) is 0 Å². The van der Waals surface area contributed by atoms with Crippen LogP contribution in [0.15, 0.2) is 83.7 Å². The van der Waals surface area contributed by atoms with Crippen molar-refractivity contribution < 1.29 is 19.4 Å². The molecule has 2 aromatic rings. The van der Waals surface area contributed by atoms with Gasteiger partial charge in [0.15, 0.2) is 0 Å². The minimum absolute atomic E-state index is 0.0247. The number of anilines is 2. The van der Waals surface area contributed by atoms with Crippen molar-refractivity contribution >= 4 is 23.2 Å². The van der Waals surface area contributed by atoms with Crippen LogP contribution in [-0.4, -0.2) is 89.3 Å². The van der Waals surface area contributed by atoms with E-state index >= 15 is 4.79 Å². The van der Waals surface area contributed by atoms with Crippen molar-refractivity contribution in [3.8, 4) is 0 Å². The minimum Gasteiger partial charge on any atom is -0.516 e. The topological polar surface area (TPSA) is 76.6 Å². The Kier molecular flexibility index (Phi) is 4.74. The second-order valence-electron chi connectivity index (χ2n) is 17.1. The highest BCUT2D eigenvalue weighted by Crippen LogP contribution is 2.69. The lowest BCUT2D eigenvalue weighted by molar-refractivity contribution is -0.132. The smallest absolute Gasteiger partial charge is 0.255 e. The maximum absolute atomic E-state index is 15.4. The highest BCUT2D eigenvalue weighted by molar-refractivity contribution is 6.10. The summed E-state index contributed by atoms with van der Waals surface area (Å²) in [6, 6.07) is 18.2. The summed E-state index contributed by atoms with van der Waals surface area (Å²) >= 11 is 0. The van der Waals surface area contributed by atoms with Gasteiger partial charge in [0.05, 0.1) is 37.5 Å². The van der Waals surface area contributed by atoms with Crippen LogP contribution < -0.4 is 9.80 Å². The van der Waals surface area contributed by atoms with Gasteiger partial charge in [-0.05, 0) is 67.0 Å². The third-order valence-electron chi connectivity index (χ3n) is 16.0. The monoisotopic (exact) mass is 652 g/mol. The number of aliphatic hydroxyl groups excluding tert-OH is 1. The lowest BCUT2D eigenvalue weighted by Crippen LogP contribution is -2.69. The molecular formula is C41H40N4O4. The third kappa shape index (κ3) is 2.76. The number of carbonyl (C=O) groups excluding carboxylic acids is 2. The van der Waals surface area contributed by atoms with Gasteiger partial charge in [0.25, 0.3) is 5.91 Å². The predicted molar refractivity (Wildman–Crippen MR) is 182 cm³/mol. The van der Waals surface area contributed by atoms with E-state index in [0.717, 1.165) is 67.8 Å². The molecule has 1 N–H and O–H groups in total. The van der Waals surface area contributed by atoms with Crippen LogP contribution in [0.1, 0.15) is 43.2 Å². The van der Waals surface area contributed by atoms with Gasteiger partial charge in [-0.25, -0.2) is 0 Å². The van der Waals surface area contributed by atoms with E-state index in [1.165, 1.54) is 23.0 Å². The summed E-state index contributed by atoms with van der Waals surface area (Å²) in [6.07, 6.45) is 10.5. The maximum atomic E-state index is 15.4. The highest BCUT2D eigenvalue weighted by atomic mass is 16.5. The summed E-state index contributed by atoms with van der Waals surface area (Å²) < 4.78 is 6.51. The van der Waals surface area contributed by atoms with E-state index in [1.54, 1.807) is 0 Å². The molecule has 2 saturated carbocycles. The molecule has 2 aromatic carbocycles. The third-order valence-corrected chi connectivity index (χ3v) is 16.0. The molecule has 12 atom stereocenters. The van der Waals surface area contributed by atoms with Crippen LogP contribution in [0.5, 0.6) is 0 Å². The van der Waals surface area contributed by atoms with Crippen LogP contribution in [0.2, 0.25) is 0 Å². The van der Waals surface area contributed by atoms with E-state index in [4.69, 9.17) is 4.74 Å². The number of fused-ring (bicyclic) bond motifs is 4. The van der Waals surface area contributed by atoms with Gasteiger partial charge < -0.3 is 19.6 Å². The van der Waals surface area contributed by atoms with Crippen molar-refractivity contribution in [3.05, 3.63) is 94.8 Å². The van der Waals surface area contributed by atoms with Crippen molar-refractivity contribution in [2.24, 2.45) is 23.7 Å². The summed E-state index contributed by atoms with van der Waals surface area (Å²) in [5, 5.41) is 10.5. The van der Waals surface area contributed by atoms with Gasteiger partial charge in [0.1, 0.15) is 0 Å². The van der Waals surface area contributed by atoms with Gasteiger partial charge >= 0.3 is 0 Å². The summed E-state index contributed by atoms with van der Waals surface area (Å²) in [4.78, 5) is 39.2. The minimum atomic E-state index is -0.236. The largest absolute Gasteiger partial charge is 0.516 e. The van der Waals surface area contributed by atoms with E-state index in [2.05, 4.69) is 80.3 Å². The van der Waals surface area contributed by atoms with E-state index in [-0.39, 0.29) is 64.8 Å². The first-order chi connectivity index (χ1) is 24.0. The van der Waals surface area contributed by atoms with Gasteiger partial charge in [0.2, 0.25) is 5.91 Å². The molecule has 9 aliphatic heterocycles. The number of hydrogen-bond donors (Lipinski definition) is 1. The second kappa shape index (κ2) is 8.59. The average molecular weight is 653 g/mol. The quantitative estimate of drug-likeness (QED) is 0.368. The van der Waals surface area contributed by atoms with E-state index in [9.17, 15) is 9.90 Å². The number of carbonyl (C=O) groups is 2. The predicted octanol–water partition coefficient (Wildman–Crippen LogP) is 4.22. The van der Waals surface area contributed by atoms with Crippen LogP contribution in [0.4, 0.5) is 11.4 Å². The van der Waals surface area contributed by atoms with Gasteiger partial charge in [0, 0.05) is 76.7 Å². The Hall–Kier alpha value is -3.72. The molecule has 8 heteroatoms. The summed E-state index contributed by atoms with van der Waals surface area (Å²) in [6.45, 7) is 3.27. The maximum Gasteiger partial charge on any atom is 0.255 e. The summed E-state index contributed by atoms with van der Waals surface area (Å²) in [7, 11) is 0. The number of aliphatic hydroxyl groups is 1. The first-order valence-corrected chi connectivity index (χ1v) is 18.7. The molecule has 11 aliphatic rings. The fraction of sp³-hybridized carbons (Fsp3) is 0.512. The van der Waals surface area contributed by atoms with Crippen LogP contribution in [0.3, 0.4) is 0 Å². The number of para-hydroxylation sites is 2. The molecular weight excluding hydrogens is 612 g/mol. The Balaban J connectivity index is 1.01. The zero-order valence-corrected chi connectivity index (χ0v) is 27.4. The highest BCUT2D eigenvalue weighted by Gasteiger charge is 2.75. The molecule has 0 radical (unpaired) electrons. The van der Waals surface area contributed by atoms with Crippen LogP contribution in [0, 0.1) is 23.7 Å². The molecule has 2 bridgehead atoms. The summed E-state index contributed by atoms with van der Waals surface area (Å²) in [5.74, 6) is 1.58. The molecule has 248 valence electrons. The normalized spacial score (nSPS) is 46.7. The molecule has 2 amide bonds. The van der Waals surface area contributed by atoms with E-state index in [0.29, 0.717) is 30.9 Å². The molecule has 0 aromatic heterocycles. The Morgan fingerprint density at radius 3 is 2.51 bits per heavy atom. The van der Waals surface area contributed by atoms with Crippen molar-refractivity contribution in [1.29, 1.82) is 0 Å². The summed E-state index contributed by atoms with van der Waals surface area (Å²) in [5.41, 5.74) is 8.08. The van der Waals surface area contributed by atoms with Crippen LogP contribution in [-0.2, 0) is 25.2 Å². The van der Waals surface area contributed by atoms with E-state index < -0.39 is 0 Å². The fourth-order valence-electron chi connectivity index (χ4n) is 14.9. The molecule has 9 heterocycles. The van der Waals surface area contributed by atoms with Gasteiger partial charge in [-0.15, -0.1) is 0 Å². The number of amides is 2. The lowest BCUT2D eigenvalue weighted by Gasteiger charge is -2.58. The van der Waals surface area contributed by atoms with Crippen LogP contribution >= 0.6 is 0 Å². The van der Waals surface area contributed by atoms with Gasteiger partial charge in [-0.3, -0.25) is 19.4 Å². The molecule has 7 fully saturated rings. The average Bonchev–Trinajstić information content (AvgIpc) is 3.89. The second-order valence-corrected chi connectivity index (χ2v) is 17.1. The zero-order chi connectivity index (χ0) is 32.1. The molecule has 13 rings (SSSR count). The first kappa shape index (κ1) is 27.1. The number of rotatable bonds is 1. The Morgan fingerprint density at radius 1 is 0.878 bits per heavy atom. The van der Waals surface area contributed by atoms with Crippen molar-refractivity contribution in [2.75, 3.05) is 36.0 Å². The van der Waals surface area contributed by atoms with Gasteiger partial charge in [-0.1, -0.05) is 54.1 Å². The number of hydrogen-bond acceptors (Lipinski definition) is 6. The van der Waals surface area contributed by atoms with Crippen molar-refractivity contribution in [2.45, 2.75) is 79.2 Å². The van der Waals surface area contributed by atoms with Crippen molar-refractivity contribution in [1.82, 2.24) is 9.80 Å².